The van der Waals surface area contributed by atoms with Crippen molar-refractivity contribution in [2.45, 2.75) is 62.3 Å². The third-order valence-electron chi connectivity index (χ3n) is 7.71. The average molecular weight is 639 g/mol. The van der Waals surface area contributed by atoms with Crippen molar-refractivity contribution < 1.29 is 16.8 Å². The Morgan fingerprint density at radius 2 is 1.88 bits per heavy atom. The zero-order valence-corrected chi connectivity index (χ0v) is 26.3. The van der Waals surface area contributed by atoms with E-state index in [2.05, 4.69) is 26.0 Å². The highest BCUT2D eigenvalue weighted by Gasteiger charge is 2.47. The first-order valence-corrected chi connectivity index (χ1v) is 17.6. The number of aromatic nitrogens is 5. The molecule has 4 heterocycles. The van der Waals surface area contributed by atoms with Crippen molar-refractivity contribution >= 4 is 47.9 Å². The van der Waals surface area contributed by atoms with E-state index in [1.165, 1.54) is 15.6 Å². The second-order valence-electron chi connectivity index (χ2n) is 11.1. The van der Waals surface area contributed by atoms with Gasteiger partial charge in [-0.05, 0) is 75.4 Å². The monoisotopic (exact) mass is 638 g/mol. The summed E-state index contributed by atoms with van der Waals surface area (Å²) in [5.41, 5.74) is 2.49. The van der Waals surface area contributed by atoms with Crippen LogP contribution in [0.4, 0.5) is 0 Å². The first-order valence-electron chi connectivity index (χ1n) is 13.8. The molecule has 224 valence electrons. The maximum absolute atomic E-state index is 13.7. The van der Waals surface area contributed by atoms with Gasteiger partial charge in [-0.25, -0.2) is 16.8 Å². The molecule has 2 aliphatic rings. The standard InChI is InChI=1S/C28H30N8O4S3/c1-18(2)43(39,40)35-12-6-21(7-13-35)23-14-22(42(37,38)34-28(17-29)8-9-28)15-24-25(27-32-31-19(3)41-27)33-36(26(23)24)16-20-4-10-30-11-5-20/h4-6,10-11,14-15,18,34H,7-9,12-13,16H2,1-3H3. The van der Waals surface area contributed by atoms with Crippen LogP contribution in [0.2, 0.25) is 0 Å². The fraction of sp³-hybridized carbons (Fsp3) is 0.393. The van der Waals surface area contributed by atoms with Crippen LogP contribution in [0.1, 0.15) is 49.2 Å². The van der Waals surface area contributed by atoms with Crippen LogP contribution in [0.15, 0.2) is 47.6 Å². The fourth-order valence-corrected chi connectivity index (χ4v) is 8.46. The molecule has 1 aliphatic heterocycles. The summed E-state index contributed by atoms with van der Waals surface area (Å²) in [4.78, 5) is 4.11. The summed E-state index contributed by atoms with van der Waals surface area (Å²) < 4.78 is 59.0. The van der Waals surface area contributed by atoms with Gasteiger partial charge in [0, 0.05) is 36.4 Å². The minimum Gasteiger partial charge on any atom is -0.265 e. The number of sulfonamides is 2. The van der Waals surface area contributed by atoms with Crippen LogP contribution in [0.3, 0.4) is 0 Å². The predicted octanol–water partition coefficient (Wildman–Crippen LogP) is 3.47. The van der Waals surface area contributed by atoms with Crippen LogP contribution in [-0.2, 0) is 26.6 Å². The van der Waals surface area contributed by atoms with E-state index in [0.717, 1.165) is 16.1 Å². The van der Waals surface area contributed by atoms with Crippen molar-refractivity contribution in [3.05, 3.63) is 58.9 Å². The lowest BCUT2D eigenvalue weighted by molar-refractivity contribution is 0.435. The molecule has 12 nitrogen and oxygen atoms in total. The number of benzene rings is 1. The van der Waals surface area contributed by atoms with Gasteiger partial charge in [0.25, 0.3) is 0 Å². The molecule has 1 saturated carbocycles. The van der Waals surface area contributed by atoms with Crippen LogP contribution < -0.4 is 4.72 Å². The van der Waals surface area contributed by atoms with Crippen molar-refractivity contribution in [1.82, 2.24) is 34.0 Å². The van der Waals surface area contributed by atoms with Crippen molar-refractivity contribution in [1.29, 1.82) is 5.26 Å². The Hall–Kier alpha value is -3.55. The molecule has 1 aromatic carbocycles. The molecule has 0 spiro atoms. The number of pyridine rings is 1. The maximum Gasteiger partial charge on any atom is 0.241 e. The number of nitrogens with zero attached hydrogens (tertiary/aromatic N) is 7. The van der Waals surface area contributed by atoms with Gasteiger partial charge in [-0.1, -0.05) is 17.4 Å². The summed E-state index contributed by atoms with van der Waals surface area (Å²) in [7, 11) is -7.55. The smallest absolute Gasteiger partial charge is 0.241 e. The average Bonchev–Trinajstić information content (AvgIpc) is 3.46. The van der Waals surface area contributed by atoms with Gasteiger partial charge in [0.05, 0.1) is 28.3 Å². The third-order valence-corrected chi connectivity index (χ3v) is 12.3. The van der Waals surface area contributed by atoms with Gasteiger partial charge >= 0.3 is 0 Å². The van der Waals surface area contributed by atoms with E-state index in [9.17, 15) is 22.1 Å². The highest BCUT2D eigenvalue weighted by atomic mass is 32.2. The first-order chi connectivity index (χ1) is 20.4. The van der Waals surface area contributed by atoms with E-state index in [1.54, 1.807) is 38.4 Å². The number of hydrogen-bond acceptors (Lipinski definition) is 10. The highest BCUT2D eigenvalue weighted by molar-refractivity contribution is 7.90. The molecule has 3 aromatic heterocycles. The Morgan fingerprint density at radius 1 is 1.14 bits per heavy atom. The molecule has 0 amide bonds. The largest absolute Gasteiger partial charge is 0.265 e. The number of nitriles is 1. The molecule has 43 heavy (non-hydrogen) atoms. The second-order valence-corrected chi connectivity index (χ2v) is 16.4. The second kappa shape index (κ2) is 10.9. The van der Waals surface area contributed by atoms with Gasteiger partial charge in [0.15, 0.2) is 5.01 Å². The molecule has 4 aromatic rings. The highest BCUT2D eigenvalue weighted by Crippen LogP contribution is 2.40. The third kappa shape index (κ3) is 5.61. The van der Waals surface area contributed by atoms with Crippen molar-refractivity contribution in [2.24, 2.45) is 0 Å². The minimum absolute atomic E-state index is 0.000560. The van der Waals surface area contributed by atoms with E-state index >= 15 is 0 Å². The number of fused-ring (bicyclic) bond motifs is 1. The normalized spacial score (nSPS) is 17.2. The molecule has 0 saturated heterocycles. The van der Waals surface area contributed by atoms with Gasteiger partial charge in [-0.15, -0.1) is 10.2 Å². The molecule has 6 rings (SSSR count). The van der Waals surface area contributed by atoms with Crippen molar-refractivity contribution in [3.8, 4) is 16.8 Å². The molecule has 0 bridgehead atoms. The molecular weight excluding hydrogens is 609 g/mol. The predicted molar refractivity (Wildman–Crippen MR) is 163 cm³/mol. The summed E-state index contributed by atoms with van der Waals surface area (Å²) in [5, 5.41) is 24.3. The number of aryl methyl sites for hydroxylation is 1. The van der Waals surface area contributed by atoms with Gasteiger partial charge in [0.1, 0.15) is 16.2 Å². The Labute approximate surface area is 254 Å². The summed E-state index contributed by atoms with van der Waals surface area (Å²) in [5.74, 6) is 0. The van der Waals surface area contributed by atoms with Crippen molar-refractivity contribution in [3.63, 3.8) is 0 Å². The summed E-state index contributed by atoms with van der Waals surface area (Å²) >= 11 is 1.36. The maximum atomic E-state index is 13.7. The van der Waals surface area contributed by atoms with Gasteiger partial charge < -0.3 is 0 Å². The number of rotatable bonds is 9. The van der Waals surface area contributed by atoms with Crippen LogP contribution in [0.5, 0.6) is 0 Å². The zero-order valence-electron chi connectivity index (χ0n) is 23.8. The lowest BCUT2D eigenvalue weighted by Gasteiger charge is -2.28. The Kier molecular flexibility index (Phi) is 7.46. The van der Waals surface area contributed by atoms with E-state index in [1.807, 2.05) is 29.8 Å². The van der Waals surface area contributed by atoms with Crippen molar-refractivity contribution in [2.75, 3.05) is 13.1 Å². The zero-order chi connectivity index (χ0) is 30.6. The molecule has 15 heteroatoms. The molecule has 1 fully saturated rings. The fourth-order valence-electron chi connectivity index (χ4n) is 5.12. The molecule has 1 aliphatic carbocycles. The molecule has 0 radical (unpaired) electrons. The van der Waals surface area contributed by atoms with Gasteiger partial charge in [-0.3, -0.25) is 9.67 Å². The lowest BCUT2D eigenvalue weighted by atomic mass is 9.97. The number of nitrogens with one attached hydrogen (secondary N) is 1. The van der Waals surface area contributed by atoms with E-state index in [-0.39, 0.29) is 18.0 Å². The van der Waals surface area contributed by atoms with E-state index in [4.69, 9.17) is 5.10 Å². The van der Waals surface area contributed by atoms with Gasteiger partial charge in [0.2, 0.25) is 20.0 Å². The Balaban J connectivity index is 1.57. The first kappa shape index (κ1) is 29.5. The SMILES string of the molecule is Cc1nnc(-c2nn(Cc3ccncc3)c3c(C4=CCN(S(=O)(=O)C(C)C)CC4)cc(S(=O)(=O)NC4(C#N)CC4)cc23)s1. The molecular formula is C28H30N8O4S3. The van der Waals surface area contributed by atoms with Crippen LogP contribution in [0.25, 0.3) is 27.2 Å². The van der Waals surface area contributed by atoms with Gasteiger partial charge in [-0.2, -0.15) is 19.4 Å². The molecule has 1 N–H and O–H groups in total. The van der Waals surface area contributed by atoms with E-state index in [0.29, 0.717) is 53.0 Å². The van der Waals surface area contributed by atoms with Crippen LogP contribution >= 0.6 is 11.3 Å². The Bertz CT molecular complexity index is 2010. The van der Waals surface area contributed by atoms with Crippen LogP contribution in [-0.4, -0.2) is 70.0 Å². The summed E-state index contributed by atoms with van der Waals surface area (Å²) in [6, 6.07) is 9.05. The van der Waals surface area contributed by atoms with E-state index < -0.39 is 30.8 Å². The molecule has 0 atom stereocenters. The quantitative estimate of drug-likeness (QED) is 0.289. The Morgan fingerprint density at radius 3 is 2.47 bits per heavy atom. The summed E-state index contributed by atoms with van der Waals surface area (Å²) in [6.07, 6.45) is 6.52. The lowest BCUT2D eigenvalue weighted by Crippen LogP contribution is -2.39. The summed E-state index contributed by atoms with van der Waals surface area (Å²) in [6.45, 7) is 5.96. The number of hydrogen-bond donors (Lipinski definition) is 1. The molecule has 0 unspecified atom stereocenters. The van der Waals surface area contributed by atoms with Crippen LogP contribution in [0, 0.1) is 18.3 Å². The minimum atomic E-state index is -4.09. The topological polar surface area (TPSA) is 164 Å².